The van der Waals surface area contributed by atoms with Crippen LogP contribution in [-0.2, 0) is 9.59 Å². The quantitative estimate of drug-likeness (QED) is 0.433. The van der Waals surface area contributed by atoms with Gasteiger partial charge >= 0.3 is 0 Å². The van der Waals surface area contributed by atoms with Gasteiger partial charge in [-0.25, -0.2) is 5.43 Å². The number of carbonyl (C=O) groups is 2. The molecule has 10 heteroatoms. The van der Waals surface area contributed by atoms with E-state index in [0.29, 0.717) is 32.4 Å². The van der Waals surface area contributed by atoms with Crippen molar-refractivity contribution in [1.29, 1.82) is 0 Å². The fourth-order valence-electron chi connectivity index (χ4n) is 4.90. The second-order valence-electron chi connectivity index (χ2n) is 8.53. The molecular formula is C21H30N6O4. The summed E-state index contributed by atoms with van der Waals surface area (Å²) in [5.74, 6) is -0.272. The van der Waals surface area contributed by atoms with E-state index in [1.54, 1.807) is 0 Å². The van der Waals surface area contributed by atoms with Gasteiger partial charge in [0.25, 0.3) is 0 Å². The Hall–Kier alpha value is -2.72. The molecule has 2 heterocycles. The maximum absolute atomic E-state index is 12.6. The standard InChI is InChI=1S/C21H30N6O4/c28-19(26-12-10-25(11-13-26)15-4-2-1-3-5-15)8-9-22-21(29)20-17-14-16(27(30)31)6-7-18(17)23-24-20/h1-5,16-18,20,23-24H,6-14H2,(H,22,29). The first-order valence-corrected chi connectivity index (χ1v) is 11.0. The molecule has 4 atom stereocenters. The molecule has 3 N–H and O–H groups in total. The van der Waals surface area contributed by atoms with Crippen molar-refractivity contribution in [2.24, 2.45) is 5.92 Å². The molecule has 10 nitrogen and oxygen atoms in total. The number of benzene rings is 1. The summed E-state index contributed by atoms with van der Waals surface area (Å²) in [5, 5.41) is 14.0. The van der Waals surface area contributed by atoms with Crippen molar-refractivity contribution in [3.05, 3.63) is 40.4 Å². The Kier molecular flexibility index (Phi) is 6.67. The number of hydrogen-bond donors (Lipinski definition) is 3. The molecule has 0 aromatic heterocycles. The Labute approximate surface area is 181 Å². The predicted molar refractivity (Wildman–Crippen MR) is 115 cm³/mol. The molecule has 168 valence electrons. The number of anilines is 1. The lowest BCUT2D eigenvalue weighted by molar-refractivity contribution is -0.528. The minimum absolute atomic E-state index is 0.0366. The minimum atomic E-state index is -0.589. The van der Waals surface area contributed by atoms with E-state index in [2.05, 4.69) is 33.2 Å². The highest BCUT2D eigenvalue weighted by Crippen LogP contribution is 2.31. The smallest absolute Gasteiger partial charge is 0.238 e. The van der Waals surface area contributed by atoms with Crippen molar-refractivity contribution in [2.75, 3.05) is 37.6 Å². The molecule has 0 radical (unpaired) electrons. The zero-order chi connectivity index (χ0) is 21.8. The van der Waals surface area contributed by atoms with Gasteiger partial charge in [-0.1, -0.05) is 18.2 Å². The third kappa shape index (κ3) is 4.96. The van der Waals surface area contributed by atoms with Crippen LogP contribution in [0.5, 0.6) is 0 Å². The van der Waals surface area contributed by atoms with E-state index in [-0.39, 0.29) is 41.7 Å². The van der Waals surface area contributed by atoms with Crippen molar-refractivity contribution in [1.82, 2.24) is 21.1 Å². The fraction of sp³-hybridized carbons (Fsp3) is 0.619. The molecule has 31 heavy (non-hydrogen) atoms. The summed E-state index contributed by atoms with van der Waals surface area (Å²) in [6.07, 6.45) is 1.85. The van der Waals surface area contributed by atoms with Gasteiger partial charge in [0, 0.05) is 74.6 Å². The summed E-state index contributed by atoms with van der Waals surface area (Å²) in [6, 6.07) is 9.15. The monoisotopic (exact) mass is 430 g/mol. The van der Waals surface area contributed by atoms with E-state index < -0.39 is 12.1 Å². The van der Waals surface area contributed by atoms with Crippen LogP contribution >= 0.6 is 0 Å². The van der Waals surface area contributed by atoms with Gasteiger partial charge in [0.05, 0.1) is 0 Å². The zero-order valence-electron chi connectivity index (χ0n) is 17.5. The molecule has 3 aliphatic rings. The Morgan fingerprint density at radius 1 is 1.10 bits per heavy atom. The van der Waals surface area contributed by atoms with Crippen LogP contribution in [0.2, 0.25) is 0 Å². The SMILES string of the molecule is O=C(NCCC(=O)N1CCN(c2ccccc2)CC1)C1NNC2CCC([N+](=O)[O-])CC21. The lowest BCUT2D eigenvalue weighted by atomic mass is 9.79. The molecule has 1 aromatic rings. The lowest BCUT2D eigenvalue weighted by Gasteiger charge is -2.36. The van der Waals surface area contributed by atoms with E-state index >= 15 is 0 Å². The lowest BCUT2D eigenvalue weighted by Crippen LogP contribution is -2.50. The number of amides is 2. The first kappa shape index (κ1) is 21.5. The maximum atomic E-state index is 12.6. The topological polar surface area (TPSA) is 120 Å². The molecule has 2 aliphatic heterocycles. The number of piperazine rings is 1. The second-order valence-corrected chi connectivity index (χ2v) is 8.53. The average Bonchev–Trinajstić information content (AvgIpc) is 3.23. The van der Waals surface area contributed by atoms with Crippen LogP contribution in [0.25, 0.3) is 0 Å². The Balaban J connectivity index is 1.19. The van der Waals surface area contributed by atoms with Crippen molar-refractivity contribution >= 4 is 17.5 Å². The Bertz CT molecular complexity index is 798. The van der Waals surface area contributed by atoms with E-state index in [1.165, 1.54) is 5.69 Å². The highest BCUT2D eigenvalue weighted by molar-refractivity contribution is 5.83. The van der Waals surface area contributed by atoms with Crippen LogP contribution in [0, 0.1) is 16.0 Å². The van der Waals surface area contributed by atoms with Crippen molar-refractivity contribution in [3.63, 3.8) is 0 Å². The molecular weight excluding hydrogens is 400 g/mol. The predicted octanol–water partition coefficient (Wildman–Crippen LogP) is 0.132. The largest absolute Gasteiger partial charge is 0.368 e. The minimum Gasteiger partial charge on any atom is -0.368 e. The van der Waals surface area contributed by atoms with Crippen molar-refractivity contribution in [3.8, 4) is 0 Å². The van der Waals surface area contributed by atoms with E-state index in [9.17, 15) is 19.7 Å². The molecule has 1 saturated carbocycles. The number of rotatable bonds is 6. The molecule has 2 saturated heterocycles. The number of nitrogens with one attached hydrogen (secondary N) is 3. The van der Waals surface area contributed by atoms with Gasteiger partial charge in [-0.3, -0.25) is 25.1 Å². The summed E-state index contributed by atoms with van der Waals surface area (Å²) >= 11 is 0. The molecule has 3 fully saturated rings. The first-order chi connectivity index (χ1) is 15.0. The third-order valence-corrected chi connectivity index (χ3v) is 6.70. The van der Waals surface area contributed by atoms with E-state index in [1.807, 2.05) is 23.1 Å². The van der Waals surface area contributed by atoms with Crippen molar-refractivity contribution in [2.45, 2.75) is 43.8 Å². The van der Waals surface area contributed by atoms with Gasteiger partial charge in [0.2, 0.25) is 17.9 Å². The molecule has 0 bridgehead atoms. The third-order valence-electron chi connectivity index (χ3n) is 6.70. The summed E-state index contributed by atoms with van der Waals surface area (Å²) in [5.41, 5.74) is 7.27. The van der Waals surface area contributed by atoms with Gasteiger partial charge < -0.3 is 15.1 Å². The first-order valence-electron chi connectivity index (χ1n) is 11.0. The maximum Gasteiger partial charge on any atom is 0.238 e. The molecule has 2 amide bonds. The average molecular weight is 431 g/mol. The number of nitro groups is 1. The van der Waals surface area contributed by atoms with Crippen LogP contribution in [0.15, 0.2) is 30.3 Å². The Morgan fingerprint density at radius 3 is 2.55 bits per heavy atom. The molecule has 1 aromatic carbocycles. The number of nitrogens with zero attached hydrogens (tertiary/aromatic N) is 3. The molecule has 4 unspecified atom stereocenters. The number of hydrogen-bond acceptors (Lipinski definition) is 7. The number of carbonyl (C=O) groups excluding carboxylic acids is 2. The number of hydrazine groups is 1. The number of para-hydroxylation sites is 1. The van der Waals surface area contributed by atoms with Crippen LogP contribution in [0.1, 0.15) is 25.7 Å². The van der Waals surface area contributed by atoms with Crippen LogP contribution < -0.4 is 21.1 Å². The normalized spacial score (nSPS) is 28.1. The molecule has 0 spiro atoms. The zero-order valence-corrected chi connectivity index (χ0v) is 17.5. The highest BCUT2D eigenvalue weighted by Gasteiger charge is 2.46. The summed E-state index contributed by atoms with van der Waals surface area (Å²) in [6.45, 7) is 3.19. The van der Waals surface area contributed by atoms with Crippen LogP contribution in [0.3, 0.4) is 0 Å². The summed E-state index contributed by atoms with van der Waals surface area (Å²) < 4.78 is 0. The number of fused-ring (bicyclic) bond motifs is 1. The van der Waals surface area contributed by atoms with Gasteiger partial charge in [0.15, 0.2) is 0 Å². The van der Waals surface area contributed by atoms with Gasteiger partial charge in [-0.05, 0) is 18.6 Å². The Morgan fingerprint density at radius 2 is 1.84 bits per heavy atom. The van der Waals surface area contributed by atoms with E-state index in [0.717, 1.165) is 13.1 Å². The van der Waals surface area contributed by atoms with Gasteiger partial charge in [0.1, 0.15) is 6.04 Å². The fourth-order valence-corrected chi connectivity index (χ4v) is 4.90. The summed E-state index contributed by atoms with van der Waals surface area (Å²) in [7, 11) is 0. The van der Waals surface area contributed by atoms with Crippen LogP contribution in [0.4, 0.5) is 5.69 Å². The van der Waals surface area contributed by atoms with Crippen molar-refractivity contribution < 1.29 is 14.5 Å². The van der Waals surface area contributed by atoms with Gasteiger partial charge in [-0.15, -0.1) is 0 Å². The highest BCUT2D eigenvalue weighted by atomic mass is 16.6. The summed E-state index contributed by atoms with van der Waals surface area (Å²) in [4.78, 5) is 40.2. The van der Waals surface area contributed by atoms with Gasteiger partial charge in [-0.2, -0.15) is 0 Å². The second kappa shape index (κ2) is 9.61. The van der Waals surface area contributed by atoms with E-state index in [4.69, 9.17) is 0 Å². The van der Waals surface area contributed by atoms with Crippen LogP contribution in [-0.4, -0.2) is 72.5 Å². The molecule has 4 rings (SSSR count). The molecule has 1 aliphatic carbocycles.